The van der Waals surface area contributed by atoms with Crippen molar-refractivity contribution >= 4 is 28.5 Å². The lowest BCUT2D eigenvalue weighted by Crippen LogP contribution is -2.08. The third kappa shape index (κ3) is 14.1. The number of carbonyl (C=O) groups is 1. The van der Waals surface area contributed by atoms with E-state index in [9.17, 15) is 4.79 Å². The van der Waals surface area contributed by atoms with E-state index in [-0.39, 0.29) is 0 Å². The molecule has 0 aliphatic rings. The van der Waals surface area contributed by atoms with Crippen molar-refractivity contribution in [2.24, 2.45) is 4.99 Å². The van der Waals surface area contributed by atoms with E-state index in [0.29, 0.717) is 28.5 Å². The first-order chi connectivity index (χ1) is 21.2. The number of aliphatic imine (C=N–C) groups is 1. The van der Waals surface area contributed by atoms with Crippen LogP contribution in [0.3, 0.4) is 0 Å². The molecular formula is C37H48N2O3S. The maximum Gasteiger partial charge on any atom is 0.343 e. The van der Waals surface area contributed by atoms with Crippen molar-refractivity contribution in [3.05, 3.63) is 76.7 Å². The fourth-order valence-electron chi connectivity index (χ4n) is 4.93. The minimum Gasteiger partial charge on any atom is -0.494 e. The van der Waals surface area contributed by atoms with Crippen molar-refractivity contribution in [1.82, 2.24) is 0 Å². The first-order valence-electron chi connectivity index (χ1n) is 16.3. The molecule has 1 heterocycles. The summed E-state index contributed by atoms with van der Waals surface area (Å²) in [7, 11) is 0. The van der Waals surface area contributed by atoms with Crippen LogP contribution < -0.4 is 9.47 Å². The zero-order valence-electron chi connectivity index (χ0n) is 25.9. The highest BCUT2D eigenvalue weighted by molar-refractivity contribution is 7.14. The number of ether oxygens (including phenoxy) is 2. The molecule has 2 aromatic carbocycles. The van der Waals surface area contributed by atoms with Gasteiger partial charge in [0.1, 0.15) is 22.6 Å². The van der Waals surface area contributed by atoms with Crippen molar-refractivity contribution in [3.8, 4) is 17.6 Å². The summed E-state index contributed by atoms with van der Waals surface area (Å²) in [5.41, 5.74) is 1.88. The topological polar surface area (TPSA) is 71.7 Å². The summed E-state index contributed by atoms with van der Waals surface area (Å²) in [6.07, 6.45) is 23.4. The molecule has 1 aromatic heterocycles. The smallest absolute Gasteiger partial charge is 0.343 e. The first kappa shape index (κ1) is 34.1. The van der Waals surface area contributed by atoms with E-state index in [2.05, 4.69) is 18.0 Å². The van der Waals surface area contributed by atoms with E-state index < -0.39 is 5.97 Å². The SMILES string of the molecule is CCCCCCCCCCCCCCCCCCOc1ccc(C(=O)Oc2ccc(/C=N/c3sccc3C#N)cc2)cc1. The summed E-state index contributed by atoms with van der Waals surface area (Å²) in [6, 6.07) is 18.1. The summed E-state index contributed by atoms with van der Waals surface area (Å²) in [5, 5.41) is 11.6. The number of hydrogen-bond acceptors (Lipinski definition) is 6. The molecule has 3 aromatic rings. The van der Waals surface area contributed by atoms with E-state index in [1.165, 1.54) is 108 Å². The summed E-state index contributed by atoms with van der Waals surface area (Å²) in [5.74, 6) is 0.814. The third-order valence-corrected chi connectivity index (χ3v) is 8.36. The van der Waals surface area contributed by atoms with Crippen LogP contribution in [0, 0.1) is 11.3 Å². The summed E-state index contributed by atoms with van der Waals surface area (Å²) in [4.78, 5) is 16.9. The quantitative estimate of drug-likeness (QED) is 0.0498. The molecule has 0 amide bonds. The standard InChI is InChI=1S/C37H48N2O3S/c1-2-3-4-5-6-7-8-9-10-11-12-13-14-15-16-17-27-41-34-24-20-32(21-25-34)37(40)42-35-22-18-31(19-23-35)30-39-36-33(29-38)26-28-43-36/h18-26,28,30H,2-17,27H2,1H3/b39-30+. The molecule has 230 valence electrons. The second-order valence-electron chi connectivity index (χ2n) is 11.1. The number of unbranched alkanes of at least 4 members (excludes halogenated alkanes) is 15. The second-order valence-corrected chi connectivity index (χ2v) is 12.0. The van der Waals surface area contributed by atoms with Crippen LogP contribution in [-0.2, 0) is 0 Å². The molecule has 0 saturated carbocycles. The number of hydrogen-bond donors (Lipinski definition) is 0. The van der Waals surface area contributed by atoms with Crippen molar-refractivity contribution in [2.75, 3.05) is 6.61 Å². The maximum atomic E-state index is 12.6. The maximum absolute atomic E-state index is 12.6. The van der Waals surface area contributed by atoms with Gasteiger partial charge >= 0.3 is 5.97 Å². The molecule has 0 aliphatic carbocycles. The number of nitrogens with zero attached hydrogens (tertiary/aromatic N) is 2. The molecule has 0 atom stereocenters. The van der Waals surface area contributed by atoms with Crippen LogP contribution in [0.15, 0.2) is 65.0 Å². The highest BCUT2D eigenvalue weighted by Gasteiger charge is 2.09. The molecular weight excluding hydrogens is 552 g/mol. The van der Waals surface area contributed by atoms with E-state index in [1.54, 1.807) is 36.5 Å². The Kier molecular flexibility index (Phi) is 16.9. The van der Waals surface area contributed by atoms with Crippen LogP contribution >= 0.6 is 11.3 Å². The number of esters is 1. The summed E-state index contributed by atoms with van der Waals surface area (Å²) < 4.78 is 11.4. The average molecular weight is 601 g/mol. The fourth-order valence-corrected chi connectivity index (χ4v) is 5.62. The zero-order valence-corrected chi connectivity index (χ0v) is 26.7. The number of benzene rings is 2. The van der Waals surface area contributed by atoms with E-state index >= 15 is 0 Å². The van der Waals surface area contributed by atoms with E-state index in [1.807, 2.05) is 29.6 Å². The van der Waals surface area contributed by atoms with E-state index in [4.69, 9.17) is 14.7 Å². The van der Waals surface area contributed by atoms with E-state index in [0.717, 1.165) is 17.7 Å². The number of nitriles is 1. The third-order valence-electron chi connectivity index (χ3n) is 7.54. The lowest BCUT2D eigenvalue weighted by atomic mass is 10.0. The molecule has 0 radical (unpaired) electrons. The van der Waals surface area contributed by atoms with Gasteiger partial charge in [-0.3, -0.25) is 0 Å². The van der Waals surface area contributed by atoms with Crippen LogP contribution in [0.5, 0.6) is 11.5 Å². The van der Waals surface area contributed by atoms with Crippen LogP contribution in [0.25, 0.3) is 0 Å². The highest BCUT2D eigenvalue weighted by Crippen LogP contribution is 2.25. The Labute approximate surface area is 263 Å². The summed E-state index contributed by atoms with van der Waals surface area (Å²) >= 11 is 1.42. The minimum atomic E-state index is -0.414. The molecule has 0 fully saturated rings. The van der Waals surface area contributed by atoms with Crippen LogP contribution in [-0.4, -0.2) is 18.8 Å². The first-order valence-corrected chi connectivity index (χ1v) is 17.1. The molecule has 0 saturated heterocycles. The van der Waals surface area contributed by atoms with Gasteiger partial charge in [-0.25, -0.2) is 9.79 Å². The molecule has 3 rings (SSSR count). The van der Waals surface area contributed by atoms with Gasteiger partial charge in [0.15, 0.2) is 0 Å². The van der Waals surface area contributed by atoms with Crippen molar-refractivity contribution in [2.45, 2.75) is 110 Å². The molecule has 0 spiro atoms. The van der Waals surface area contributed by atoms with Crippen LogP contribution in [0.1, 0.15) is 131 Å². The largest absolute Gasteiger partial charge is 0.494 e. The molecule has 5 nitrogen and oxygen atoms in total. The van der Waals surface area contributed by atoms with Gasteiger partial charge in [0, 0.05) is 6.21 Å². The lowest BCUT2D eigenvalue weighted by molar-refractivity contribution is 0.0734. The van der Waals surface area contributed by atoms with Gasteiger partial charge < -0.3 is 9.47 Å². The molecule has 0 unspecified atom stereocenters. The van der Waals surface area contributed by atoms with Gasteiger partial charge in [-0.15, -0.1) is 11.3 Å². The molecule has 6 heteroatoms. The van der Waals surface area contributed by atoms with Crippen LogP contribution in [0.4, 0.5) is 5.00 Å². The second kappa shape index (κ2) is 21.3. The van der Waals surface area contributed by atoms with Gasteiger partial charge in [0.05, 0.1) is 17.7 Å². The number of carbonyl (C=O) groups excluding carboxylic acids is 1. The van der Waals surface area contributed by atoms with Crippen LogP contribution in [0.2, 0.25) is 0 Å². The van der Waals surface area contributed by atoms with Crippen molar-refractivity contribution in [3.63, 3.8) is 0 Å². The molecule has 0 aliphatic heterocycles. The average Bonchev–Trinajstić information content (AvgIpc) is 3.50. The Morgan fingerprint density at radius 3 is 1.84 bits per heavy atom. The predicted molar refractivity (Wildman–Crippen MR) is 179 cm³/mol. The number of rotatable bonds is 22. The Morgan fingerprint density at radius 1 is 0.744 bits per heavy atom. The van der Waals surface area contributed by atoms with Gasteiger partial charge in [-0.1, -0.05) is 103 Å². The predicted octanol–water partition coefficient (Wildman–Crippen LogP) is 11.2. The Balaban J connectivity index is 1.20. The monoisotopic (exact) mass is 600 g/mol. The molecule has 43 heavy (non-hydrogen) atoms. The summed E-state index contributed by atoms with van der Waals surface area (Å²) in [6.45, 7) is 2.98. The van der Waals surface area contributed by atoms with Crippen molar-refractivity contribution < 1.29 is 14.3 Å². The van der Waals surface area contributed by atoms with Gasteiger partial charge in [-0.05, 0) is 72.0 Å². The van der Waals surface area contributed by atoms with Gasteiger partial charge in [0.2, 0.25) is 0 Å². The van der Waals surface area contributed by atoms with Gasteiger partial charge in [-0.2, -0.15) is 5.26 Å². The highest BCUT2D eigenvalue weighted by atomic mass is 32.1. The Bertz CT molecular complexity index is 1240. The fraction of sp³-hybridized carbons (Fsp3) is 0.486. The molecule has 0 bridgehead atoms. The zero-order chi connectivity index (χ0) is 30.4. The normalized spacial score (nSPS) is 11.1. The lowest BCUT2D eigenvalue weighted by Gasteiger charge is -2.08. The van der Waals surface area contributed by atoms with Gasteiger partial charge in [0.25, 0.3) is 0 Å². The molecule has 0 N–H and O–H groups in total. The Hall–Kier alpha value is -3.43. The van der Waals surface area contributed by atoms with Crippen molar-refractivity contribution in [1.29, 1.82) is 5.26 Å². The Morgan fingerprint density at radius 2 is 1.28 bits per heavy atom. The number of thiophene rings is 1. The minimum absolute atomic E-state index is 0.414.